The molecule has 0 aliphatic carbocycles. The van der Waals surface area contributed by atoms with Gasteiger partial charge in [-0.3, -0.25) is 0 Å². The van der Waals surface area contributed by atoms with Crippen molar-refractivity contribution in [3.05, 3.63) is 23.8 Å². The third-order valence-electron chi connectivity index (χ3n) is 2.70. The van der Waals surface area contributed by atoms with Crippen LogP contribution in [-0.2, 0) is 0 Å². The highest BCUT2D eigenvalue weighted by molar-refractivity contribution is 5.46. The molecule has 0 spiro atoms. The van der Waals surface area contributed by atoms with Gasteiger partial charge in [-0.05, 0) is 24.8 Å². The zero-order chi connectivity index (χ0) is 12.1. The van der Waals surface area contributed by atoms with Crippen LogP contribution in [-0.4, -0.2) is 12.2 Å². The van der Waals surface area contributed by atoms with Gasteiger partial charge in [-0.15, -0.1) is 0 Å². The fourth-order valence-corrected chi connectivity index (χ4v) is 1.67. The number of phenols is 1. The lowest BCUT2D eigenvalue weighted by Gasteiger charge is -2.16. The van der Waals surface area contributed by atoms with Crippen LogP contribution in [0.15, 0.2) is 18.2 Å². The first-order valence-electron chi connectivity index (χ1n) is 5.67. The highest BCUT2D eigenvalue weighted by Crippen LogP contribution is 2.34. The molecule has 0 amide bonds. The van der Waals surface area contributed by atoms with E-state index in [0.29, 0.717) is 11.7 Å². The van der Waals surface area contributed by atoms with Gasteiger partial charge in [0, 0.05) is 11.6 Å². The summed E-state index contributed by atoms with van der Waals surface area (Å²) in [7, 11) is 1.54. The molecular weight excluding hydrogens is 202 g/mol. The van der Waals surface area contributed by atoms with Crippen molar-refractivity contribution in [2.75, 3.05) is 7.11 Å². The molecule has 0 heterocycles. The Morgan fingerprint density at radius 2 is 2.00 bits per heavy atom. The maximum Gasteiger partial charge on any atom is 0.162 e. The van der Waals surface area contributed by atoms with Crippen LogP contribution < -0.4 is 10.5 Å². The van der Waals surface area contributed by atoms with E-state index in [1.165, 1.54) is 0 Å². The van der Waals surface area contributed by atoms with Crippen molar-refractivity contribution >= 4 is 0 Å². The van der Waals surface area contributed by atoms with E-state index in [0.717, 1.165) is 18.4 Å². The lowest BCUT2D eigenvalue weighted by molar-refractivity contribution is 0.366. The molecule has 0 saturated heterocycles. The van der Waals surface area contributed by atoms with Crippen LogP contribution in [0.5, 0.6) is 11.5 Å². The van der Waals surface area contributed by atoms with Crippen molar-refractivity contribution in [1.82, 2.24) is 0 Å². The topological polar surface area (TPSA) is 55.5 Å². The van der Waals surface area contributed by atoms with Crippen LogP contribution in [0.1, 0.15) is 38.3 Å². The average molecular weight is 223 g/mol. The number of rotatable bonds is 5. The Kier molecular flexibility index (Phi) is 4.62. The van der Waals surface area contributed by atoms with E-state index in [1.54, 1.807) is 13.2 Å². The minimum Gasteiger partial charge on any atom is -0.504 e. The standard InChI is InChI=1S/C13H21NO2/c1-9(2)7-8-11(14)10-5-4-6-12(16-3)13(10)15/h4-6,9,11,15H,7-8,14H2,1-3H3/t11-/m1/s1. The van der Waals surface area contributed by atoms with Crippen molar-refractivity contribution in [2.24, 2.45) is 11.7 Å². The number of methoxy groups -OCH3 is 1. The van der Waals surface area contributed by atoms with Crippen molar-refractivity contribution in [3.8, 4) is 11.5 Å². The third-order valence-corrected chi connectivity index (χ3v) is 2.70. The molecule has 1 aromatic carbocycles. The summed E-state index contributed by atoms with van der Waals surface area (Å²) >= 11 is 0. The highest BCUT2D eigenvalue weighted by Gasteiger charge is 2.14. The smallest absolute Gasteiger partial charge is 0.162 e. The van der Waals surface area contributed by atoms with Crippen molar-refractivity contribution in [1.29, 1.82) is 0 Å². The molecule has 0 aliphatic heterocycles. The van der Waals surface area contributed by atoms with E-state index in [4.69, 9.17) is 10.5 Å². The molecule has 1 rings (SSSR count). The second-order valence-corrected chi connectivity index (χ2v) is 4.48. The van der Waals surface area contributed by atoms with Crippen molar-refractivity contribution in [3.63, 3.8) is 0 Å². The fraction of sp³-hybridized carbons (Fsp3) is 0.538. The molecular formula is C13H21NO2. The van der Waals surface area contributed by atoms with Gasteiger partial charge in [0.1, 0.15) is 0 Å². The van der Waals surface area contributed by atoms with Crippen LogP contribution in [0.3, 0.4) is 0 Å². The molecule has 3 N–H and O–H groups in total. The lowest BCUT2D eigenvalue weighted by atomic mass is 9.97. The molecule has 0 saturated carbocycles. The summed E-state index contributed by atoms with van der Waals surface area (Å²) in [6.45, 7) is 4.33. The third kappa shape index (κ3) is 3.14. The summed E-state index contributed by atoms with van der Waals surface area (Å²) in [5, 5.41) is 9.92. The summed E-state index contributed by atoms with van der Waals surface area (Å²) in [4.78, 5) is 0. The molecule has 0 fully saturated rings. The number of nitrogens with two attached hydrogens (primary N) is 1. The van der Waals surface area contributed by atoms with Crippen LogP contribution >= 0.6 is 0 Å². The average Bonchev–Trinajstić information content (AvgIpc) is 2.26. The quantitative estimate of drug-likeness (QED) is 0.807. The number of para-hydroxylation sites is 1. The first-order chi connectivity index (χ1) is 7.56. The van der Waals surface area contributed by atoms with Gasteiger partial charge in [-0.1, -0.05) is 26.0 Å². The Morgan fingerprint density at radius 3 is 2.56 bits per heavy atom. The normalized spacial score (nSPS) is 12.8. The number of hydrogen-bond acceptors (Lipinski definition) is 3. The molecule has 0 aromatic heterocycles. The van der Waals surface area contributed by atoms with Gasteiger partial charge in [0.15, 0.2) is 11.5 Å². The van der Waals surface area contributed by atoms with Gasteiger partial charge >= 0.3 is 0 Å². The molecule has 0 aliphatic rings. The number of phenolic OH excluding ortho intramolecular Hbond substituents is 1. The van der Waals surface area contributed by atoms with E-state index >= 15 is 0 Å². The van der Waals surface area contributed by atoms with E-state index in [-0.39, 0.29) is 11.8 Å². The van der Waals surface area contributed by atoms with Gasteiger partial charge in [-0.2, -0.15) is 0 Å². The Balaban J connectivity index is 2.78. The van der Waals surface area contributed by atoms with E-state index in [2.05, 4.69) is 13.8 Å². The minimum atomic E-state index is -0.127. The second-order valence-electron chi connectivity index (χ2n) is 4.48. The Labute approximate surface area is 97.2 Å². The molecule has 3 nitrogen and oxygen atoms in total. The fourth-order valence-electron chi connectivity index (χ4n) is 1.67. The Bertz CT molecular complexity index is 337. The number of hydrogen-bond donors (Lipinski definition) is 2. The highest BCUT2D eigenvalue weighted by atomic mass is 16.5. The lowest BCUT2D eigenvalue weighted by Crippen LogP contribution is -2.11. The van der Waals surface area contributed by atoms with Gasteiger partial charge in [0.05, 0.1) is 7.11 Å². The molecule has 0 unspecified atom stereocenters. The monoisotopic (exact) mass is 223 g/mol. The number of ether oxygens (including phenoxy) is 1. The maximum atomic E-state index is 9.92. The molecule has 16 heavy (non-hydrogen) atoms. The maximum absolute atomic E-state index is 9.92. The molecule has 1 atom stereocenters. The first kappa shape index (κ1) is 12.8. The SMILES string of the molecule is COc1cccc([C@H](N)CCC(C)C)c1O. The minimum absolute atomic E-state index is 0.127. The zero-order valence-corrected chi connectivity index (χ0v) is 10.2. The Morgan fingerprint density at radius 1 is 1.31 bits per heavy atom. The van der Waals surface area contributed by atoms with Crippen LogP contribution in [0.4, 0.5) is 0 Å². The summed E-state index contributed by atoms with van der Waals surface area (Å²) in [5.41, 5.74) is 6.82. The molecule has 0 bridgehead atoms. The molecule has 1 aromatic rings. The summed E-state index contributed by atoms with van der Waals surface area (Å²) in [5.74, 6) is 1.28. The van der Waals surface area contributed by atoms with Crippen molar-refractivity contribution in [2.45, 2.75) is 32.7 Å². The van der Waals surface area contributed by atoms with E-state index < -0.39 is 0 Å². The first-order valence-corrected chi connectivity index (χ1v) is 5.67. The van der Waals surface area contributed by atoms with Crippen LogP contribution in [0, 0.1) is 5.92 Å². The molecule has 90 valence electrons. The van der Waals surface area contributed by atoms with Crippen LogP contribution in [0.2, 0.25) is 0 Å². The number of benzene rings is 1. The Hall–Kier alpha value is -1.22. The zero-order valence-electron chi connectivity index (χ0n) is 10.2. The summed E-state index contributed by atoms with van der Waals surface area (Å²) < 4.78 is 5.06. The van der Waals surface area contributed by atoms with Crippen LogP contribution in [0.25, 0.3) is 0 Å². The summed E-state index contributed by atoms with van der Waals surface area (Å²) in [6, 6.07) is 5.30. The van der Waals surface area contributed by atoms with E-state index in [1.807, 2.05) is 12.1 Å². The van der Waals surface area contributed by atoms with Crippen molar-refractivity contribution < 1.29 is 9.84 Å². The number of aromatic hydroxyl groups is 1. The van der Waals surface area contributed by atoms with Gasteiger partial charge < -0.3 is 15.6 Å². The molecule has 0 radical (unpaired) electrons. The predicted molar refractivity (Wildman–Crippen MR) is 65.7 cm³/mol. The second kappa shape index (κ2) is 5.75. The summed E-state index contributed by atoms with van der Waals surface area (Å²) in [6.07, 6.45) is 1.93. The predicted octanol–water partition coefficient (Wildman–Crippen LogP) is 2.84. The van der Waals surface area contributed by atoms with E-state index in [9.17, 15) is 5.11 Å². The van der Waals surface area contributed by atoms with Gasteiger partial charge in [-0.25, -0.2) is 0 Å². The van der Waals surface area contributed by atoms with Gasteiger partial charge in [0.25, 0.3) is 0 Å². The van der Waals surface area contributed by atoms with Gasteiger partial charge in [0.2, 0.25) is 0 Å². The molecule has 3 heteroatoms. The largest absolute Gasteiger partial charge is 0.504 e.